The van der Waals surface area contributed by atoms with Gasteiger partial charge in [-0.25, -0.2) is 0 Å². The van der Waals surface area contributed by atoms with E-state index in [-0.39, 0.29) is 12.5 Å². The molecular formula is C20H24N2O3. The average Bonchev–Trinajstić information content (AvgIpc) is 2.68. The van der Waals surface area contributed by atoms with E-state index in [1.165, 1.54) is 0 Å². The molecule has 1 aliphatic rings. The molecule has 5 nitrogen and oxygen atoms in total. The highest BCUT2D eigenvalue weighted by molar-refractivity contribution is 5.94. The molecule has 1 heterocycles. The fourth-order valence-electron chi connectivity index (χ4n) is 2.92. The molecule has 2 aromatic carbocycles. The van der Waals surface area contributed by atoms with Crippen LogP contribution in [0.3, 0.4) is 0 Å². The molecule has 5 heteroatoms. The van der Waals surface area contributed by atoms with E-state index in [1.807, 2.05) is 54.6 Å². The van der Waals surface area contributed by atoms with Gasteiger partial charge in [0.2, 0.25) is 0 Å². The second kappa shape index (κ2) is 8.65. The highest BCUT2D eigenvalue weighted by Crippen LogP contribution is 2.16. The zero-order valence-corrected chi connectivity index (χ0v) is 14.2. The zero-order chi connectivity index (χ0) is 17.5. The van der Waals surface area contributed by atoms with Crippen molar-refractivity contribution in [2.75, 3.05) is 37.7 Å². The van der Waals surface area contributed by atoms with Crippen LogP contribution in [0.2, 0.25) is 0 Å². The number of hydrogen-bond acceptors (Lipinski definition) is 4. The van der Waals surface area contributed by atoms with Gasteiger partial charge in [0.05, 0.1) is 19.3 Å². The summed E-state index contributed by atoms with van der Waals surface area (Å²) in [5.74, 6) is -0.166. The zero-order valence-electron chi connectivity index (χ0n) is 14.2. The highest BCUT2D eigenvalue weighted by atomic mass is 16.5. The van der Waals surface area contributed by atoms with Crippen LogP contribution in [0.15, 0.2) is 54.6 Å². The summed E-state index contributed by atoms with van der Waals surface area (Å²) in [6, 6.07) is 17.3. The number of nitrogens with zero attached hydrogens (tertiary/aromatic N) is 1. The van der Waals surface area contributed by atoms with Gasteiger partial charge >= 0.3 is 0 Å². The largest absolute Gasteiger partial charge is 0.391 e. The maximum atomic E-state index is 12.2. The van der Waals surface area contributed by atoms with Gasteiger partial charge < -0.3 is 20.1 Å². The van der Waals surface area contributed by atoms with Crippen molar-refractivity contribution in [3.05, 3.63) is 65.7 Å². The number of nitrogens with one attached hydrogen (secondary N) is 1. The van der Waals surface area contributed by atoms with E-state index >= 15 is 0 Å². The van der Waals surface area contributed by atoms with Gasteiger partial charge in [-0.2, -0.15) is 0 Å². The molecule has 1 saturated heterocycles. The average molecular weight is 340 g/mol. The molecule has 1 aliphatic heterocycles. The molecule has 2 N–H and O–H groups in total. The lowest BCUT2D eigenvalue weighted by Crippen LogP contribution is -2.36. The number of ether oxygens (including phenoxy) is 1. The maximum Gasteiger partial charge on any atom is 0.251 e. The van der Waals surface area contributed by atoms with Crippen molar-refractivity contribution in [2.24, 2.45) is 0 Å². The summed E-state index contributed by atoms with van der Waals surface area (Å²) in [6.07, 6.45) is -0.0733. The fraction of sp³-hybridized carbons (Fsp3) is 0.350. The molecule has 25 heavy (non-hydrogen) atoms. The van der Waals surface area contributed by atoms with Gasteiger partial charge in [-0.05, 0) is 29.8 Å². The van der Waals surface area contributed by atoms with Gasteiger partial charge in [0.1, 0.15) is 0 Å². The van der Waals surface area contributed by atoms with Crippen LogP contribution in [-0.2, 0) is 11.2 Å². The minimum atomic E-state index is -0.598. The highest BCUT2D eigenvalue weighted by Gasteiger charge is 2.13. The number of morpholine rings is 1. The summed E-state index contributed by atoms with van der Waals surface area (Å²) in [4.78, 5) is 14.5. The second-order valence-electron chi connectivity index (χ2n) is 6.20. The van der Waals surface area contributed by atoms with E-state index in [0.29, 0.717) is 12.0 Å². The molecule has 0 radical (unpaired) electrons. The van der Waals surface area contributed by atoms with Gasteiger partial charge in [-0.15, -0.1) is 0 Å². The molecule has 3 rings (SSSR count). The van der Waals surface area contributed by atoms with Crippen LogP contribution in [0, 0.1) is 0 Å². The number of amides is 1. The number of aliphatic hydroxyl groups is 1. The topological polar surface area (TPSA) is 61.8 Å². The minimum absolute atomic E-state index is 0.166. The smallest absolute Gasteiger partial charge is 0.251 e. The Morgan fingerprint density at radius 1 is 1.08 bits per heavy atom. The molecule has 0 aliphatic carbocycles. The molecule has 1 amide bonds. The van der Waals surface area contributed by atoms with Gasteiger partial charge in [0.25, 0.3) is 5.91 Å². The Kier molecular flexibility index (Phi) is 6.04. The van der Waals surface area contributed by atoms with Gasteiger partial charge in [0, 0.05) is 37.3 Å². The Balaban J connectivity index is 1.49. The van der Waals surface area contributed by atoms with E-state index in [4.69, 9.17) is 4.74 Å². The normalized spacial score (nSPS) is 15.6. The summed E-state index contributed by atoms with van der Waals surface area (Å²) in [5, 5.41) is 12.9. The molecule has 1 atom stereocenters. The molecule has 132 valence electrons. The monoisotopic (exact) mass is 340 g/mol. The van der Waals surface area contributed by atoms with E-state index in [2.05, 4.69) is 10.2 Å². The van der Waals surface area contributed by atoms with Crippen LogP contribution < -0.4 is 10.2 Å². The van der Waals surface area contributed by atoms with Crippen LogP contribution in [-0.4, -0.2) is 50.0 Å². The second-order valence-corrected chi connectivity index (χ2v) is 6.20. The first-order valence-electron chi connectivity index (χ1n) is 8.65. The van der Waals surface area contributed by atoms with Crippen molar-refractivity contribution in [3.8, 4) is 0 Å². The Bertz CT molecular complexity index is 667. The number of carbonyl (C=O) groups is 1. The number of rotatable bonds is 6. The molecule has 1 fully saturated rings. The third kappa shape index (κ3) is 5.05. The third-order valence-electron chi connectivity index (χ3n) is 4.32. The lowest BCUT2D eigenvalue weighted by molar-refractivity contribution is 0.0916. The van der Waals surface area contributed by atoms with Crippen LogP contribution >= 0.6 is 0 Å². The minimum Gasteiger partial charge on any atom is -0.391 e. The first-order valence-corrected chi connectivity index (χ1v) is 8.65. The first kappa shape index (κ1) is 17.5. The summed E-state index contributed by atoms with van der Waals surface area (Å²) < 4.78 is 5.35. The summed E-state index contributed by atoms with van der Waals surface area (Å²) >= 11 is 0. The molecule has 0 aromatic heterocycles. The molecule has 0 unspecified atom stereocenters. The SMILES string of the molecule is O=C(NC[C@H](O)Cc1ccccc1)c1ccc(N2CCOCC2)cc1. The van der Waals surface area contributed by atoms with E-state index < -0.39 is 6.10 Å². The number of anilines is 1. The van der Waals surface area contributed by atoms with Crippen LogP contribution in [0.25, 0.3) is 0 Å². The number of benzene rings is 2. The van der Waals surface area contributed by atoms with Crippen molar-refractivity contribution in [1.82, 2.24) is 5.32 Å². The Labute approximate surface area is 148 Å². The molecule has 0 saturated carbocycles. The van der Waals surface area contributed by atoms with Gasteiger partial charge in [0.15, 0.2) is 0 Å². The van der Waals surface area contributed by atoms with Crippen molar-refractivity contribution in [3.63, 3.8) is 0 Å². The van der Waals surface area contributed by atoms with Crippen molar-refractivity contribution < 1.29 is 14.6 Å². The third-order valence-corrected chi connectivity index (χ3v) is 4.32. The van der Waals surface area contributed by atoms with Gasteiger partial charge in [-0.1, -0.05) is 30.3 Å². The van der Waals surface area contributed by atoms with Crippen molar-refractivity contribution in [2.45, 2.75) is 12.5 Å². The quantitative estimate of drug-likeness (QED) is 0.843. The van der Waals surface area contributed by atoms with Crippen molar-refractivity contribution >= 4 is 11.6 Å². The Morgan fingerprint density at radius 2 is 1.76 bits per heavy atom. The summed E-state index contributed by atoms with van der Waals surface area (Å²) in [6.45, 7) is 3.45. The molecular weight excluding hydrogens is 316 g/mol. The standard InChI is InChI=1S/C20H24N2O3/c23-19(14-16-4-2-1-3-5-16)15-21-20(24)17-6-8-18(9-7-17)22-10-12-25-13-11-22/h1-9,19,23H,10-15H2,(H,21,24)/t19-/m1/s1. The number of hydrogen-bond donors (Lipinski definition) is 2. The molecule has 0 bridgehead atoms. The predicted octanol–water partition coefficient (Wildman–Crippen LogP) is 1.86. The Morgan fingerprint density at radius 3 is 2.44 bits per heavy atom. The van der Waals surface area contributed by atoms with Gasteiger partial charge in [-0.3, -0.25) is 4.79 Å². The summed E-state index contributed by atoms with van der Waals surface area (Å²) in [7, 11) is 0. The van der Waals surface area contributed by atoms with Crippen LogP contribution in [0.1, 0.15) is 15.9 Å². The maximum absolute atomic E-state index is 12.2. The fourth-order valence-corrected chi connectivity index (χ4v) is 2.92. The lowest BCUT2D eigenvalue weighted by atomic mass is 10.1. The van der Waals surface area contributed by atoms with Crippen LogP contribution in [0.4, 0.5) is 5.69 Å². The Hall–Kier alpha value is -2.37. The predicted molar refractivity (Wildman–Crippen MR) is 98.0 cm³/mol. The van der Waals surface area contributed by atoms with Crippen LogP contribution in [0.5, 0.6) is 0 Å². The van der Waals surface area contributed by atoms with E-state index in [1.54, 1.807) is 0 Å². The van der Waals surface area contributed by atoms with E-state index in [0.717, 1.165) is 37.6 Å². The number of aliphatic hydroxyl groups excluding tert-OH is 1. The molecule has 2 aromatic rings. The van der Waals surface area contributed by atoms with Crippen molar-refractivity contribution in [1.29, 1.82) is 0 Å². The summed E-state index contributed by atoms with van der Waals surface area (Å²) in [5.41, 5.74) is 2.76. The van der Waals surface area contributed by atoms with E-state index in [9.17, 15) is 9.90 Å². The lowest BCUT2D eigenvalue weighted by Gasteiger charge is -2.28. The molecule has 0 spiro atoms. The first-order chi connectivity index (χ1) is 12.2. The number of carbonyl (C=O) groups excluding carboxylic acids is 1.